The SMILES string of the molecule is COc1ccccc1NC(=O)CC(=O)NN=Cc1ccc(OCc2ccc(Cl)cc2Cl)c(OC)c1. The molecule has 3 rings (SSSR count). The Labute approximate surface area is 212 Å². The summed E-state index contributed by atoms with van der Waals surface area (Å²) >= 11 is 12.1. The fraction of sp³-hybridized carbons (Fsp3) is 0.160. The topological polar surface area (TPSA) is 98.2 Å². The van der Waals surface area contributed by atoms with E-state index < -0.39 is 18.2 Å². The Kier molecular flexibility index (Phi) is 9.34. The van der Waals surface area contributed by atoms with E-state index in [1.54, 1.807) is 60.7 Å². The predicted molar refractivity (Wildman–Crippen MR) is 136 cm³/mol. The van der Waals surface area contributed by atoms with Gasteiger partial charge in [0, 0.05) is 15.6 Å². The third-order valence-corrected chi connectivity index (χ3v) is 5.28. The zero-order valence-corrected chi connectivity index (χ0v) is 20.5. The number of halogens is 2. The van der Waals surface area contributed by atoms with Gasteiger partial charge in [-0.3, -0.25) is 9.59 Å². The third kappa shape index (κ3) is 7.63. The standard InChI is InChI=1S/C25H23Cl2N3O5/c1-33-21-6-4-3-5-20(21)29-24(31)13-25(32)30-28-14-16-7-10-22(23(11-16)34-2)35-15-17-8-9-18(26)12-19(17)27/h3-12,14H,13,15H2,1-2H3,(H,29,31)(H,30,32). The molecule has 3 aromatic carbocycles. The molecule has 35 heavy (non-hydrogen) atoms. The first-order chi connectivity index (χ1) is 16.9. The number of para-hydroxylation sites is 2. The maximum absolute atomic E-state index is 12.1. The van der Waals surface area contributed by atoms with Gasteiger partial charge in [0.25, 0.3) is 0 Å². The summed E-state index contributed by atoms with van der Waals surface area (Å²) in [5, 5.41) is 7.58. The number of hydrogen-bond acceptors (Lipinski definition) is 6. The number of rotatable bonds is 10. The second-order valence-corrected chi connectivity index (χ2v) is 8.00. The van der Waals surface area contributed by atoms with Crippen LogP contribution in [0, 0.1) is 0 Å². The number of carbonyl (C=O) groups is 2. The van der Waals surface area contributed by atoms with E-state index in [1.165, 1.54) is 20.4 Å². The molecule has 3 aromatic rings. The van der Waals surface area contributed by atoms with E-state index in [0.717, 1.165) is 5.56 Å². The van der Waals surface area contributed by atoms with Crippen LogP contribution in [0.5, 0.6) is 17.2 Å². The highest BCUT2D eigenvalue weighted by atomic mass is 35.5. The van der Waals surface area contributed by atoms with Crippen molar-refractivity contribution in [3.05, 3.63) is 81.8 Å². The second-order valence-electron chi connectivity index (χ2n) is 7.15. The molecule has 2 N–H and O–H groups in total. The Balaban J connectivity index is 1.53. The Morgan fingerprint density at radius 3 is 2.43 bits per heavy atom. The second kappa shape index (κ2) is 12.6. The van der Waals surface area contributed by atoms with Crippen LogP contribution in [0.1, 0.15) is 17.5 Å². The van der Waals surface area contributed by atoms with Crippen LogP contribution in [0.15, 0.2) is 65.8 Å². The highest BCUT2D eigenvalue weighted by Crippen LogP contribution is 2.30. The molecule has 0 heterocycles. The Morgan fingerprint density at radius 1 is 0.914 bits per heavy atom. The molecule has 8 nitrogen and oxygen atoms in total. The van der Waals surface area contributed by atoms with Crippen LogP contribution in [0.2, 0.25) is 10.0 Å². The largest absolute Gasteiger partial charge is 0.495 e. The number of nitrogens with one attached hydrogen (secondary N) is 2. The lowest BCUT2D eigenvalue weighted by molar-refractivity contribution is -0.126. The Bertz CT molecular complexity index is 1230. The summed E-state index contributed by atoms with van der Waals surface area (Å²) in [5.41, 5.74) is 4.23. The van der Waals surface area contributed by atoms with Crippen LogP contribution in [-0.2, 0) is 16.2 Å². The molecule has 0 bridgehead atoms. The van der Waals surface area contributed by atoms with Crippen molar-refractivity contribution in [2.24, 2.45) is 5.10 Å². The quantitative estimate of drug-likeness (QED) is 0.223. The molecule has 0 aliphatic rings. The molecule has 2 amide bonds. The number of anilines is 1. The Morgan fingerprint density at radius 2 is 1.69 bits per heavy atom. The zero-order chi connectivity index (χ0) is 25.2. The van der Waals surface area contributed by atoms with Crippen molar-refractivity contribution in [2.75, 3.05) is 19.5 Å². The number of carbonyl (C=O) groups excluding carboxylic acids is 2. The number of methoxy groups -OCH3 is 2. The van der Waals surface area contributed by atoms with E-state index in [0.29, 0.717) is 38.5 Å². The van der Waals surface area contributed by atoms with Gasteiger partial charge in [-0.25, -0.2) is 5.43 Å². The average molecular weight is 516 g/mol. The fourth-order valence-corrected chi connectivity index (χ4v) is 3.45. The van der Waals surface area contributed by atoms with Crippen LogP contribution in [-0.4, -0.2) is 32.2 Å². The van der Waals surface area contributed by atoms with Crippen LogP contribution < -0.4 is 25.0 Å². The maximum atomic E-state index is 12.1. The molecule has 0 spiro atoms. The van der Waals surface area contributed by atoms with Gasteiger partial charge in [-0.2, -0.15) is 5.10 Å². The first-order valence-electron chi connectivity index (χ1n) is 10.4. The number of hydrogen-bond donors (Lipinski definition) is 2. The van der Waals surface area contributed by atoms with Crippen molar-refractivity contribution >= 4 is 46.9 Å². The molecule has 0 atom stereocenters. The van der Waals surface area contributed by atoms with E-state index in [2.05, 4.69) is 15.8 Å². The van der Waals surface area contributed by atoms with Crippen molar-refractivity contribution in [2.45, 2.75) is 13.0 Å². The third-order valence-electron chi connectivity index (χ3n) is 4.69. The summed E-state index contributed by atoms with van der Waals surface area (Å²) < 4.78 is 16.4. The van der Waals surface area contributed by atoms with Crippen LogP contribution in [0.3, 0.4) is 0 Å². The van der Waals surface area contributed by atoms with E-state index in [4.69, 9.17) is 37.4 Å². The summed E-state index contributed by atoms with van der Waals surface area (Å²) in [7, 11) is 3.01. The minimum atomic E-state index is -0.569. The molecule has 0 aliphatic heterocycles. The molecule has 0 radical (unpaired) electrons. The molecule has 0 fully saturated rings. The number of benzene rings is 3. The van der Waals surface area contributed by atoms with E-state index in [1.807, 2.05) is 0 Å². The molecule has 0 unspecified atom stereocenters. The van der Waals surface area contributed by atoms with Gasteiger partial charge >= 0.3 is 0 Å². The summed E-state index contributed by atoms with van der Waals surface area (Å²) in [6, 6.07) is 17.2. The van der Waals surface area contributed by atoms with Crippen molar-refractivity contribution < 1.29 is 23.8 Å². The molecule has 0 saturated heterocycles. The van der Waals surface area contributed by atoms with Crippen LogP contribution in [0.25, 0.3) is 0 Å². The van der Waals surface area contributed by atoms with Gasteiger partial charge in [-0.1, -0.05) is 41.4 Å². The van der Waals surface area contributed by atoms with Gasteiger partial charge in [-0.05, 0) is 48.0 Å². The lowest BCUT2D eigenvalue weighted by Gasteiger charge is -2.12. The lowest BCUT2D eigenvalue weighted by atomic mass is 10.2. The minimum absolute atomic E-state index is 0.229. The van der Waals surface area contributed by atoms with Crippen molar-refractivity contribution in [1.82, 2.24) is 5.43 Å². The summed E-state index contributed by atoms with van der Waals surface area (Å²) in [6.45, 7) is 0.229. The zero-order valence-electron chi connectivity index (χ0n) is 19.0. The molecule has 182 valence electrons. The van der Waals surface area contributed by atoms with E-state index >= 15 is 0 Å². The molecular formula is C25H23Cl2N3O5. The number of hydrazone groups is 1. The average Bonchev–Trinajstić information content (AvgIpc) is 2.84. The molecule has 0 aromatic heterocycles. The van der Waals surface area contributed by atoms with Crippen LogP contribution in [0.4, 0.5) is 5.69 Å². The highest BCUT2D eigenvalue weighted by Gasteiger charge is 2.12. The van der Waals surface area contributed by atoms with Gasteiger partial charge in [0.15, 0.2) is 11.5 Å². The normalized spacial score (nSPS) is 10.6. The van der Waals surface area contributed by atoms with Crippen molar-refractivity contribution in [3.63, 3.8) is 0 Å². The van der Waals surface area contributed by atoms with Gasteiger partial charge in [0.2, 0.25) is 11.8 Å². The number of ether oxygens (including phenoxy) is 3. The first-order valence-corrected chi connectivity index (χ1v) is 11.1. The van der Waals surface area contributed by atoms with E-state index in [9.17, 15) is 9.59 Å². The molecular weight excluding hydrogens is 493 g/mol. The summed E-state index contributed by atoms with van der Waals surface area (Å²) in [6.07, 6.45) is 1.02. The predicted octanol–water partition coefficient (Wildman–Crippen LogP) is 5.07. The molecule has 0 aliphatic carbocycles. The fourth-order valence-electron chi connectivity index (χ4n) is 2.98. The van der Waals surface area contributed by atoms with Gasteiger partial charge < -0.3 is 19.5 Å². The van der Waals surface area contributed by atoms with Crippen molar-refractivity contribution in [3.8, 4) is 17.2 Å². The summed E-state index contributed by atoms with van der Waals surface area (Å²) in [5.74, 6) is 0.415. The van der Waals surface area contributed by atoms with Crippen LogP contribution >= 0.6 is 23.2 Å². The van der Waals surface area contributed by atoms with E-state index in [-0.39, 0.29) is 6.61 Å². The van der Waals surface area contributed by atoms with Gasteiger partial charge in [-0.15, -0.1) is 0 Å². The maximum Gasteiger partial charge on any atom is 0.249 e. The van der Waals surface area contributed by atoms with Gasteiger partial charge in [0.1, 0.15) is 18.8 Å². The number of nitrogens with zero attached hydrogens (tertiary/aromatic N) is 1. The molecule has 0 saturated carbocycles. The smallest absolute Gasteiger partial charge is 0.249 e. The summed E-state index contributed by atoms with van der Waals surface area (Å²) in [4.78, 5) is 24.2. The van der Waals surface area contributed by atoms with Crippen molar-refractivity contribution in [1.29, 1.82) is 0 Å². The lowest BCUT2D eigenvalue weighted by Crippen LogP contribution is -2.24. The minimum Gasteiger partial charge on any atom is -0.495 e. The highest BCUT2D eigenvalue weighted by molar-refractivity contribution is 6.35. The van der Waals surface area contributed by atoms with Gasteiger partial charge in [0.05, 0.1) is 26.1 Å². The monoisotopic (exact) mass is 515 g/mol. The molecule has 10 heteroatoms. The first kappa shape index (κ1) is 25.9. The Hall–Kier alpha value is -3.75. The number of amides is 2.